The minimum atomic E-state index is -0.308. The minimum absolute atomic E-state index is 0.0265. The van der Waals surface area contributed by atoms with Crippen molar-refractivity contribution in [3.8, 4) is 11.4 Å². The second kappa shape index (κ2) is 10.6. The average molecular weight is 399 g/mol. The molecule has 0 unspecified atom stereocenters. The Morgan fingerprint density at radius 3 is 2.68 bits per heavy atom. The Hall–Kier alpha value is -2.67. The molecule has 28 heavy (non-hydrogen) atoms. The van der Waals surface area contributed by atoms with E-state index in [9.17, 15) is 9.18 Å². The highest BCUT2D eigenvalue weighted by Crippen LogP contribution is 2.17. The van der Waals surface area contributed by atoms with Gasteiger partial charge in [0.25, 0.3) is 0 Å². The van der Waals surface area contributed by atoms with E-state index in [0.29, 0.717) is 43.1 Å². The van der Waals surface area contributed by atoms with E-state index in [0.717, 1.165) is 11.5 Å². The Kier molecular flexibility index (Phi) is 7.61. The van der Waals surface area contributed by atoms with Gasteiger partial charge in [-0.25, -0.2) is 4.39 Å². The molecule has 1 amide bonds. The van der Waals surface area contributed by atoms with Crippen LogP contribution in [0.25, 0.3) is 11.4 Å². The highest BCUT2D eigenvalue weighted by Gasteiger charge is 2.09. The molecule has 3 rings (SSSR count). The van der Waals surface area contributed by atoms with Crippen LogP contribution in [-0.2, 0) is 17.0 Å². The first-order chi connectivity index (χ1) is 13.7. The van der Waals surface area contributed by atoms with E-state index in [-0.39, 0.29) is 11.7 Å². The summed E-state index contributed by atoms with van der Waals surface area (Å²) in [5, 5.41) is 6.83. The quantitative estimate of drug-likeness (QED) is 0.516. The first-order valence-electron chi connectivity index (χ1n) is 9.17. The van der Waals surface area contributed by atoms with Crippen LogP contribution in [0, 0.1) is 5.82 Å². The van der Waals surface area contributed by atoms with Crippen LogP contribution < -0.4 is 5.32 Å². The zero-order valence-corrected chi connectivity index (χ0v) is 16.3. The molecule has 0 atom stereocenters. The molecule has 1 heterocycles. The number of hydrogen-bond donors (Lipinski definition) is 1. The molecule has 3 aromatic rings. The summed E-state index contributed by atoms with van der Waals surface area (Å²) >= 11 is 1.80. The van der Waals surface area contributed by atoms with Gasteiger partial charge < -0.3 is 9.84 Å². The SMILES string of the molecule is O=C(CCCc1nc(-c2ccc(F)cc2)no1)NCCSCc1ccccc1. The molecule has 0 spiro atoms. The van der Waals surface area contributed by atoms with Crippen molar-refractivity contribution in [1.82, 2.24) is 15.5 Å². The highest BCUT2D eigenvalue weighted by molar-refractivity contribution is 7.98. The van der Waals surface area contributed by atoms with Crippen molar-refractivity contribution >= 4 is 17.7 Å². The van der Waals surface area contributed by atoms with Gasteiger partial charge in [0.1, 0.15) is 5.82 Å². The van der Waals surface area contributed by atoms with Gasteiger partial charge >= 0.3 is 0 Å². The lowest BCUT2D eigenvalue weighted by Crippen LogP contribution is -2.25. The van der Waals surface area contributed by atoms with Crippen LogP contribution in [0.2, 0.25) is 0 Å². The van der Waals surface area contributed by atoms with Crippen molar-refractivity contribution in [3.63, 3.8) is 0 Å². The topological polar surface area (TPSA) is 68.0 Å². The molecule has 0 fully saturated rings. The molecule has 0 radical (unpaired) electrons. The number of carbonyl (C=O) groups is 1. The number of carbonyl (C=O) groups excluding carboxylic acids is 1. The largest absolute Gasteiger partial charge is 0.355 e. The van der Waals surface area contributed by atoms with Crippen LogP contribution in [0.15, 0.2) is 59.1 Å². The van der Waals surface area contributed by atoms with Gasteiger partial charge in [-0.2, -0.15) is 16.7 Å². The van der Waals surface area contributed by atoms with E-state index in [4.69, 9.17) is 4.52 Å². The summed E-state index contributed by atoms with van der Waals surface area (Å²) in [6, 6.07) is 16.2. The molecule has 1 N–H and O–H groups in total. The molecule has 0 bridgehead atoms. The number of nitrogens with zero attached hydrogens (tertiary/aromatic N) is 2. The summed E-state index contributed by atoms with van der Waals surface area (Å²) in [5.74, 6) is 2.45. The number of nitrogens with one attached hydrogen (secondary N) is 1. The number of aryl methyl sites for hydroxylation is 1. The van der Waals surface area contributed by atoms with Gasteiger partial charge in [0.05, 0.1) is 0 Å². The van der Waals surface area contributed by atoms with Crippen molar-refractivity contribution in [2.75, 3.05) is 12.3 Å². The highest BCUT2D eigenvalue weighted by atomic mass is 32.2. The predicted molar refractivity (Wildman–Crippen MR) is 108 cm³/mol. The minimum Gasteiger partial charge on any atom is -0.355 e. The van der Waals surface area contributed by atoms with Gasteiger partial charge in [-0.3, -0.25) is 4.79 Å². The number of thioether (sulfide) groups is 1. The van der Waals surface area contributed by atoms with E-state index < -0.39 is 0 Å². The van der Waals surface area contributed by atoms with E-state index in [1.54, 1.807) is 23.9 Å². The molecule has 0 aliphatic rings. The molecular formula is C21H22FN3O2S. The van der Waals surface area contributed by atoms with Gasteiger partial charge in [0.15, 0.2) is 0 Å². The van der Waals surface area contributed by atoms with E-state index >= 15 is 0 Å². The van der Waals surface area contributed by atoms with Crippen LogP contribution in [0.5, 0.6) is 0 Å². The van der Waals surface area contributed by atoms with Gasteiger partial charge in [-0.15, -0.1) is 0 Å². The van der Waals surface area contributed by atoms with E-state index in [1.165, 1.54) is 17.7 Å². The van der Waals surface area contributed by atoms with Crippen molar-refractivity contribution in [2.45, 2.75) is 25.0 Å². The third-order valence-electron chi connectivity index (χ3n) is 4.05. The number of hydrogen-bond acceptors (Lipinski definition) is 5. The smallest absolute Gasteiger partial charge is 0.226 e. The first kappa shape index (κ1) is 20.1. The van der Waals surface area contributed by atoms with Crippen molar-refractivity contribution < 1.29 is 13.7 Å². The van der Waals surface area contributed by atoms with Crippen LogP contribution >= 0.6 is 11.8 Å². The average Bonchev–Trinajstić information content (AvgIpc) is 3.18. The zero-order valence-electron chi connectivity index (χ0n) is 15.4. The molecule has 1 aromatic heterocycles. The number of benzene rings is 2. The molecule has 0 aliphatic heterocycles. The molecule has 0 saturated carbocycles. The molecule has 5 nitrogen and oxygen atoms in total. The van der Waals surface area contributed by atoms with Crippen LogP contribution in [-0.4, -0.2) is 28.3 Å². The fourth-order valence-electron chi connectivity index (χ4n) is 2.59. The Bertz CT molecular complexity index is 869. The van der Waals surface area contributed by atoms with Crippen LogP contribution in [0.3, 0.4) is 0 Å². The summed E-state index contributed by atoms with van der Waals surface area (Å²) < 4.78 is 18.2. The molecular weight excluding hydrogens is 377 g/mol. The van der Waals surface area contributed by atoms with E-state index in [1.807, 2.05) is 18.2 Å². The summed E-state index contributed by atoms with van der Waals surface area (Å²) in [4.78, 5) is 16.2. The standard InChI is InChI=1S/C21H22FN3O2S/c22-18-11-9-17(10-12-18)21-24-20(27-25-21)8-4-7-19(26)23-13-14-28-15-16-5-2-1-3-6-16/h1-3,5-6,9-12H,4,7-8,13-15H2,(H,23,26). The summed E-state index contributed by atoms with van der Waals surface area (Å²) in [7, 11) is 0. The summed E-state index contributed by atoms with van der Waals surface area (Å²) in [5.41, 5.74) is 1.99. The van der Waals surface area contributed by atoms with Crippen molar-refractivity contribution in [2.24, 2.45) is 0 Å². The fourth-order valence-corrected chi connectivity index (χ4v) is 3.41. The van der Waals surface area contributed by atoms with Gasteiger partial charge in [-0.1, -0.05) is 35.5 Å². The van der Waals surface area contributed by atoms with Gasteiger partial charge in [-0.05, 0) is 36.2 Å². The monoisotopic (exact) mass is 399 g/mol. The maximum Gasteiger partial charge on any atom is 0.226 e. The second-order valence-corrected chi connectivity index (χ2v) is 7.37. The maximum atomic E-state index is 13.0. The molecule has 0 saturated heterocycles. The molecule has 0 aliphatic carbocycles. The normalized spacial score (nSPS) is 10.8. The Balaban J connectivity index is 1.29. The molecule has 146 valence electrons. The lowest BCUT2D eigenvalue weighted by molar-refractivity contribution is -0.121. The molecule has 7 heteroatoms. The van der Waals surface area contributed by atoms with E-state index in [2.05, 4.69) is 27.6 Å². The number of rotatable bonds is 10. The Morgan fingerprint density at radius 1 is 1.11 bits per heavy atom. The lowest BCUT2D eigenvalue weighted by atomic mass is 10.2. The fraction of sp³-hybridized carbons (Fsp3) is 0.286. The predicted octanol–water partition coefficient (Wildman–Crippen LogP) is 4.25. The van der Waals surface area contributed by atoms with Crippen molar-refractivity contribution in [3.05, 3.63) is 71.9 Å². The van der Waals surface area contributed by atoms with Crippen LogP contribution in [0.1, 0.15) is 24.3 Å². The summed E-state index contributed by atoms with van der Waals surface area (Å²) in [6.45, 7) is 0.658. The van der Waals surface area contributed by atoms with Crippen LogP contribution in [0.4, 0.5) is 4.39 Å². The second-order valence-electron chi connectivity index (χ2n) is 6.26. The lowest BCUT2D eigenvalue weighted by Gasteiger charge is -2.05. The number of halogens is 1. The zero-order chi connectivity index (χ0) is 19.6. The van der Waals surface area contributed by atoms with Gasteiger partial charge in [0, 0.05) is 36.5 Å². The maximum absolute atomic E-state index is 13.0. The molecule has 2 aromatic carbocycles. The first-order valence-corrected chi connectivity index (χ1v) is 10.3. The van der Waals surface area contributed by atoms with Crippen molar-refractivity contribution in [1.29, 1.82) is 0 Å². The Labute approximate surface area is 167 Å². The third kappa shape index (κ3) is 6.49. The number of aromatic nitrogens is 2. The number of amides is 1. The Morgan fingerprint density at radius 2 is 1.89 bits per heavy atom. The third-order valence-corrected chi connectivity index (χ3v) is 5.08. The summed E-state index contributed by atoms with van der Waals surface area (Å²) in [6.07, 6.45) is 1.58. The van der Waals surface area contributed by atoms with Gasteiger partial charge in [0.2, 0.25) is 17.6 Å².